The van der Waals surface area contributed by atoms with Crippen LogP contribution in [-0.2, 0) is 4.74 Å². The molecule has 2 heterocycles. The lowest BCUT2D eigenvalue weighted by Gasteiger charge is -2.26. The van der Waals surface area contributed by atoms with E-state index in [1.807, 2.05) is 6.07 Å². The maximum atomic E-state index is 13.3. The zero-order valence-corrected chi connectivity index (χ0v) is 13.0. The van der Waals surface area contributed by atoms with Gasteiger partial charge in [0.25, 0.3) is 0 Å². The van der Waals surface area contributed by atoms with E-state index >= 15 is 0 Å². The molecule has 2 aromatic rings. The number of anilines is 1. The van der Waals surface area contributed by atoms with Crippen LogP contribution in [0, 0.1) is 11.3 Å². The highest BCUT2D eigenvalue weighted by Gasteiger charge is 2.50. The number of hydrogen-bond acceptors (Lipinski definition) is 5. The van der Waals surface area contributed by atoms with Gasteiger partial charge in [-0.25, -0.2) is 0 Å². The molecule has 1 saturated heterocycles. The Kier molecular flexibility index (Phi) is 4.76. The number of pyridine rings is 1. The SMILES string of the molecule is N#Cc1ccc(N2CC(COc3ccncc3)OC2C(F)(F)F)cc1. The van der Waals surface area contributed by atoms with Crippen LogP contribution >= 0.6 is 0 Å². The summed E-state index contributed by atoms with van der Waals surface area (Å²) in [4.78, 5) is 4.97. The number of rotatable bonds is 4. The lowest BCUT2D eigenvalue weighted by molar-refractivity contribution is -0.215. The minimum Gasteiger partial charge on any atom is -0.491 e. The molecule has 8 heteroatoms. The average molecular weight is 349 g/mol. The summed E-state index contributed by atoms with van der Waals surface area (Å²) < 4.78 is 50.6. The molecule has 1 aliphatic heterocycles. The highest BCUT2D eigenvalue weighted by Crippen LogP contribution is 2.35. The third kappa shape index (κ3) is 4.00. The summed E-state index contributed by atoms with van der Waals surface area (Å²) >= 11 is 0. The summed E-state index contributed by atoms with van der Waals surface area (Å²) in [5.74, 6) is 0.513. The predicted molar refractivity (Wildman–Crippen MR) is 83.0 cm³/mol. The average Bonchev–Trinajstić information content (AvgIpc) is 3.06. The molecule has 5 nitrogen and oxygen atoms in total. The Balaban J connectivity index is 1.73. The number of nitrogens with zero attached hydrogens (tertiary/aromatic N) is 3. The topological polar surface area (TPSA) is 58.4 Å². The maximum Gasteiger partial charge on any atom is 0.433 e. The number of hydrogen-bond donors (Lipinski definition) is 0. The third-order valence-electron chi connectivity index (χ3n) is 3.70. The van der Waals surface area contributed by atoms with Crippen molar-refractivity contribution in [2.45, 2.75) is 18.5 Å². The van der Waals surface area contributed by atoms with Crippen molar-refractivity contribution in [3.63, 3.8) is 0 Å². The molecule has 0 amide bonds. The van der Waals surface area contributed by atoms with Crippen molar-refractivity contribution >= 4 is 5.69 Å². The van der Waals surface area contributed by atoms with E-state index in [4.69, 9.17) is 14.7 Å². The first kappa shape index (κ1) is 17.0. The van der Waals surface area contributed by atoms with Gasteiger partial charge in [0.1, 0.15) is 18.5 Å². The van der Waals surface area contributed by atoms with Crippen LogP contribution in [0.25, 0.3) is 0 Å². The molecule has 2 unspecified atom stereocenters. The zero-order valence-electron chi connectivity index (χ0n) is 13.0. The second-order valence-electron chi connectivity index (χ2n) is 5.46. The summed E-state index contributed by atoms with van der Waals surface area (Å²) in [6.45, 7) is 0.0184. The number of aromatic nitrogens is 1. The van der Waals surface area contributed by atoms with Crippen molar-refractivity contribution in [2.24, 2.45) is 0 Å². The van der Waals surface area contributed by atoms with Gasteiger partial charge in [-0.1, -0.05) is 0 Å². The monoisotopic (exact) mass is 349 g/mol. The second kappa shape index (κ2) is 6.99. The molecule has 0 radical (unpaired) electrons. The quantitative estimate of drug-likeness (QED) is 0.849. The molecule has 0 spiro atoms. The van der Waals surface area contributed by atoms with Crippen molar-refractivity contribution < 1.29 is 22.6 Å². The standard InChI is InChI=1S/C17H14F3N3O2/c18-17(19,20)16-23(13-3-1-12(9-21)2-4-13)10-15(25-16)11-24-14-5-7-22-8-6-14/h1-8,15-16H,10-11H2. The van der Waals surface area contributed by atoms with E-state index in [0.29, 0.717) is 17.0 Å². The third-order valence-corrected chi connectivity index (χ3v) is 3.70. The van der Waals surface area contributed by atoms with Crippen molar-refractivity contribution in [1.82, 2.24) is 4.98 Å². The Bertz CT molecular complexity index is 744. The number of halogens is 3. The van der Waals surface area contributed by atoms with Gasteiger partial charge in [0.05, 0.1) is 18.2 Å². The van der Waals surface area contributed by atoms with Gasteiger partial charge in [-0.3, -0.25) is 4.98 Å². The predicted octanol–water partition coefficient (Wildman–Crippen LogP) is 3.13. The molecule has 25 heavy (non-hydrogen) atoms. The minimum absolute atomic E-state index is 0.0105. The molecule has 1 fully saturated rings. The summed E-state index contributed by atoms with van der Waals surface area (Å²) in [5.41, 5.74) is 0.720. The summed E-state index contributed by atoms with van der Waals surface area (Å²) in [6, 6.07) is 11.1. The number of benzene rings is 1. The number of ether oxygens (including phenoxy) is 2. The van der Waals surface area contributed by atoms with Crippen molar-refractivity contribution in [1.29, 1.82) is 5.26 Å². The lowest BCUT2D eigenvalue weighted by Crippen LogP contribution is -2.42. The zero-order chi connectivity index (χ0) is 17.9. The van der Waals surface area contributed by atoms with Crippen LogP contribution in [-0.4, -0.2) is 36.6 Å². The molecule has 1 aromatic heterocycles. The Morgan fingerprint density at radius 2 is 1.88 bits per heavy atom. The first-order chi connectivity index (χ1) is 12.0. The normalized spacial score (nSPS) is 20.3. The first-order valence-electron chi connectivity index (χ1n) is 7.49. The van der Waals surface area contributed by atoms with Crippen LogP contribution in [0.15, 0.2) is 48.8 Å². The fourth-order valence-corrected chi connectivity index (χ4v) is 2.55. The van der Waals surface area contributed by atoms with Crippen LogP contribution in [0.3, 0.4) is 0 Å². The van der Waals surface area contributed by atoms with Crippen LogP contribution in [0.2, 0.25) is 0 Å². The van der Waals surface area contributed by atoms with Crippen LogP contribution < -0.4 is 9.64 Å². The largest absolute Gasteiger partial charge is 0.491 e. The molecular formula is C17H14F3N3O2. The molecule has 0 saturated carbocycles. The molecule has 1 aliphatic rings. The van der Waals surface area contributed by atoms with Gasteiger partial charge in [0.15, 0.2) is 0 Å². The van der Waals surface area contributed by atoms with Gasteiger partial charge in [-0.15, -0.1) is 0 Å². The summed E-state index contributed by atoms with van der Waals surface area (Å²) in [5, 5.41) is 8.81. The fourth-order valence-electron chi connectivity index (χ4n) is 2.55. The highest BCUT2D eigenvalue weighted by molar-refractivity contribution is 5.51. The molecule has 130 valence electrons. The Hall–Kier alpha value is -2.79. The molecule has 0 aliphatic carbocycles. The van der Waals surface area contributed by atoms with Crippen LogP contribution in [0.1, 0.15) is 5.56 Å². The summed E-state index contributed by atoms with van der Waals surface area (Å²) in [6.07, 6.45) is -4.26. The molecule has 0 N–H and O–H groups in total. The number of alkyl halides is 3. The van der Waals surface area contributed by atoms with Crippen LogP contribution in [0.5, 0.6) is 5.75 Å². The van der Waals surface area contributed by atoms with Crippen molar-refractivity contribution in [2.75, 3.05) is 18.1 Å². The summed E-state index contributed by atoms with van der Waals surface area (Å²) in [7, 11) is 0. The Morgan fingerprint density at radius 3 is 2.48 bits per heavy atom. The highest BCUT2D eigenvalue weighted by atomic mass is 19.4. The van der Waals surface area contributed by atoms with E-state index in [2.05, 4.69) is 4.98 Å². The van der Waals surface area contributed by atoms with E-state index in [-0.39, 0.29) is 13.2 Å². The smallest absolute Gasteiger partial charge is 0.433 e. The lowest BCUT2D eigenvalue weighted by atomic mass is 10.2. The van der Waals surface area contributed by atoms with E-state index < -0.39 is 18.5 Å². The van der Waals surface area contributed by atoms with Gasteiger partial charge in [0, 0.05) is 18.1 Å². The van der Waals surface area contributed by atoms with Gasteiger partial charge in [-0.2, -0.15) is 18.4 Å². The minimum atomic E-state index is -4.54. The van der Waals surface area contributed by atoms with Gasteiger partial charge in [-0.05, 0) is 36.4 Å². The molecular weight excluding hydrogens is 335 g/mol. The molecule has 1 aromatic carbocycles. The molecule has 0 bridgehead atoms. The van der Waals surface area contributed by atoms with E-state index in [0.717, 1.165) is 4.90 Å². The van der Waals surface area contributed by atoms with Gasteiger partial charge >= 0.3 is 6.18 Å². The fraction of sp³-hybridized carbons (Fsp3) is 0.294. The van der Waals surface area contributed by atoms with Gasteiger partial charge in [0.2, 0.25) is 6.23 Å². The van der Waals surface area contributed by atoms with Crippen molar-refractivity contribution in [3.8, 4) is 11.8 Å². The van der Waals surface area contributed by atoms with E-state index in [9.17, 15) is 13.2 Å². The Morgan fingerprint density at radius 1 is 1.20 bits per heavy atom. The molecule has 2 atom stereocenters. The number of nitriles is 1. The van der Waals surface area contributed by atoms with E-state index in [1.165, 1.54) is 36.7 Å². The Labute approximate surface area is 142 Å². The second-order valence-corrected chi connectivity index (χ2v) is 5.46. The van der Waals surface area contributed by atoms with E-state index in [1.54, 1.807) is 12.1 Å². The van der Waals surface area contributed by atoms with Crippen molar-refractivity contribution in [3.05, 3.63) is 54.4 Å². The molecule has 3 rings (SSSR count). The maximum absolute atomic E-state index is 13.3. The van der Waals surface area contributed by atoms with Crippen LogP contribution in [0.4, 0.5) is 18.9 Å². The van der Waals surface area contributed by atoms with Gasteiger partial charge < -0.3 is 14.4 Å². The first-order valence-corrected chi connectivity index (χ1v) is 7.49.